The molecule has 5 heteroatoms. The normalized spacial score (nSPS) is 23.8. The second kappa shape index (κ2) is 9.93. The lowest BCUT2D eigenvalue weighted by atomic mass is 9.87. The van der Waals surface area contributed by atoms with Gasteiger partial charge in [0.05, 0.1) is 17.8 Å². The molecule has 0 aromatic carbocycles. The molecular formula is C23H37NO4. The number of H-pyrrole nitrogens is 1. The molecule has 28 heavy (non-hydrogen) atoms. The van der Waals surface area contributed by atoms with Gasteiger partial charge in [-0.2, -0.15) is 0 Å². The van der Waals surface area contributed by atoms with Crippen molar-refractivity contribution in [1.29, 1.82) is 0 Å². The third-order valence-corrected chi connectivity index (χ3v) is 5.98. The molecular weight excluding hydrogens is 354 g/mol. The Morgan fingerprint density at radius 2 is 1.96 bits per heavy atom. The molecule has 1 saturated heterocycles. The van der Waals surface area contributed by atoms with Crippen molar-refractivity contribution in [2.75, 3.05) is 13.2 Å². The molecule has 0 amide bonds. The Labute approximate surface area is 169 Å². The van der Waals surface area contributed by atoms with E-state index in [1.807, 2.05) is 6.92 Å². The summed E-state index contributed by atoms with van der Waals surface area (Å²) in [5.74, 6) is 0.469. The van der Waals surface area contributed by atoms with Crippen LogP contribution in [0.25, 0.3) is 0 Å². The van der Waals surface area contributed by atoms with Gasteiger partial charge in [-0.15, -0.1) is 0 Å². The van der Waals surface area contributed by atoms with Crippen LogP contribution in [0.15, 0.2) is 12.1 Å². The van der Waals surface area contributed by atoms with Gasteiger partial charge < -0.3 is 19.2 Å². The molecule has 158 valence electrons. The van der Waals surface area contributed by atoms with Crippen molar-refractivity contribution in [2.24, 2.45) is 5.92 Å². The second-order valence-corrected chi connectivity index (χ2v) is 9.02. The lowest BCUT2D eigenvalue weighted by Gasteiger charge is -2.24. The van der Waals surface area contributed by atoms with Gasteiger partial charge in [-0.1, -0.05) is 19.3 Å². The maximum atomic E-state index is 12.1. The van der Waals surface area contributed by atoms with E-state index in [2.05, 4.69) is 31.0 Å². The smallest absolute Gasteiger partial charge is 0.306 e. The van der Waals surface area contributed by atoms with Crippen LogP contribution in [-0.4, -0.2) is 35.9 Å². The van der Waals surface area contributed by atoms with Gasteiger partial charge in [0.25, 0.3) is 0 Å². The van der Waals surface area contributed by atoms with Crippen LogP contribution >= 0.6 is 0 Å². The average molecular weight is 392 g/mol. The van der Waals surface area contributed by atoms with Gasteiger partial charge in [-0.25, -0.2) is 0 Å². The van der Waals surface area contributed by atoms with Crippen LogP contribution in [0, 0.1) is 5.92 Å². The van der Waals surface area contributed by atoms with Crippen LogP contribution in [0.1, 0.15) is 89.6 Å². The number of hydrogen-bond acceptors (Lipinski definition) is 4. The highest BCUT2D eigenvalue weighted by molar-refractivity contribution is 5.69. The SMILES string of the molecule is CCOC(C)(C)Cc1ccc(C2CCC(COC(=O)CC3CCCCC3)O2)[nH]1. The molecule has 0 radical (unpaired) electrons. The Morgan fingerprint density at radius 3 is 2.71 bits per heavy atom. The fraction of sp³-hybridized carbons (Fsp3) is 0.783. The van der Waals surface area contributed by atoms with Crippen molar-refractivity contribution in [3.63, 3.8) is 0 Å². The average Bonchev–Trinajstić information content (AvgIpc) is 3.29. The number of hydrogen-bond donors (Lipinski definition) is 1. The Morgan fingerprint density at radius 1 is 1.18 bits per heavy atom. The second-order valence-electron chi connectivity index (χ2n) is 9.02. The standard InChI is InChI=1S/C23H37NO4/c1-4-27-23(2,3)15-18-10-12-20(24-18)21-13-11-19(28-21)16-26-22(25)14-17-8-6-5-7-9-17/h10,12,17,19,21,24H,4-9,11,13-16H2,1-3H3. The monoisotopic (exact) mass is 391 g/mol. The summed E-state index contributed by atoms with van der Waals surface area (Å²) in [6.45, 7) is 7.35. The summed E-state index contributed by atoms with van der Waals surface area (Å²) < 4.78 is 17.5. The van der Waals surface area contributed by atoms with Gasteiger partial charge >= 0.3 is 5.97 Å². The highest BCUT2D eigenvalue weighted by Crippen LogP contribution is 2.33. The quantitative estimate of drug-likeness (QED) is 0.595. The molecule has 5 nitrogen and oxygen atoms in total. The zero-order valence-electron chi connectivity index (χ0n) is 17.8. The first kappa shape index (κ1) is 21.4. The van der Waals surface area contributed by atoms with E-state index < -0.39 is 0 Å². The number of rotatable bonds is 9. The van der Waals surface area contributed by atoms with Crippen LogP contribution in [0.4, 0.5) is 0 Å². The molecule has 2 atom stereocenters. The van der Waals surface area contributed by atoms with E-state index in [9.17, 15) is 4.79 Å². The fourth-order valence-corrected chi connectivity index (χ4v) is 4.58. The van der Waals surface area contributed by atoms with Crippen LogP contribution in [0.2, 0.25) is 0 Å². The third kappa shape index (κ3) is 6.35. The Balaban J connectivity index is 1.41. The number of carbonyl (C=O) groups excluding carboxylic acids is 1. The minimum Gasteiger partial charge on any atom is -0.463 e. The van der Waals surface area contributed by atoms with Gasteiger partial charge in [0.1, 0.15) is 6.61 Å². The molecule has 2 aliphatic rings. The van der Waals surface area contributed by atoms with Crippen LogP contribution < -0.4 is 0 Å². The molecule has 1 aromatic rings. The minimum absolute atomic E-state index is 0.00641. The van der Waals surface area contributed by atoms with E-state index in [1.165, 1.54) is 37.8 Å². The fourth-order valence-electron chi connectivity index (χ4n) is 4.58. The summed E-state index contributed by atoms with van der Waals surface area (Å²) >= 11 is 0. The number of aromatic nitrogens is 1. The van der Waals surface area contributed by atoms with Crippen molar-refractivity contribution in [3.05, 3.63) is 23.5 Å². The number of esters is 1. The van der Waals surface area contributed by atoms with E-state index >= 15 is 0 Å². The van der Waals surface area contributed by atoms with E-state index in [1.54, 1.807) is 0 Å². The molecule has 1 aliphatic carbocycles. The summed E-state index contributed by atoms with van der Waals surface area (Å²) in [6.07, 6.45) is 9.54. The summed E-state index contributed by atoms with van der Waals surface area (Å²) in [5, 5.41) is 0. The zero-order chi connectivity index (χ0) is 20.0. The molecule has 1 saturated carbocycles. The van der Waals surface area contributed by atoms with Crippen LogP contribution in [-0.2, 0) is 25.4 Å². The van der Waals surface area contributed by atoms with E-state index in [-0.39, 0.29) is 23.8 Å². The maximum absolute atomic E-state index is 12.1. The number of ether oxygens (including phenoxy) is 3. The van der Waals surface area contributed by atoms with Gasteiger partial charge in [0.2, 0.25) is 0 Å². The van der Waals surface area contributed by atoms with Gasteiger partial charge in [-0.05, 0) is 64.5 Å². The lowest BCUT2D eigenvalue weighted by Crippen LogP contribution is -2.27. The Hall–Kier alpha value is -1.33. The molecule has 1 aliphatic heterocycles. The van der Waals surface area contributed by atoms with E-state index in [0.717, 1.165) is 25.0 Å². The number of carbonyl (C=O) groups is 1. The van der Waals surface area contributed by atoms with Crippen molar-refractivity contribution in [2.45, 2.75) is 96.4 Å². The summed E-state index contributed by atoms with van der Waals surface area (Å²) in [4.78, 5) is 15.6. The first-order chi connectivity index (χ1) is 13.4. The maximum Gasteiger partial charge on any atom is 0.306 e. The summed E-state index contributed by atoms with van der Waals surface area (Å²) in [5.41, 5.74) is 2.10. The lowest BCUT2D eigenvalue weighted by molar-refractivity contribution is -0.149. The van der Waals surface area contributed by atoms with Crippen molar-refractivity contribution < 1.29 is 19.0 Å². The van der Waals surface area contributed by atoms with Crippen LogP contribution in [0.3, 0.4) is 0 Å². The molecule has 3 rings (SSSR count). The van der Waals surface area contributed by atoms with Crippen molar-refractivity contribution >= 4 is 5.97 Å². The van der Waals surface area contributed by atoms with E-state index in [4.69, 9.17) is 14.2 Å². The number of nitrogens with one attached hydrogen (secondary N) is 1. The first-order valence-electron chi connectivity index (χ1n) is 11.1. The van der Waals surface area contributed by atoms with Crippen LogP contribution in [0.5, 0.6) is 0 Å². The first-order valence-corrected chi connectivity index (χ1v) is 11.1. The zero-order valence-corrected chi connectivity index (χ0v) is 17.8. The summed E-state index contributed by atoms with van der Waals surface area (Å²) in [6, 6.07) is 4.23. The predicted molar refractivity (Wildman–Crippen MR) is 109 cm³/mol. The predicted octanol–water partition coefficient (Wildman–Crippen LogP) is 5.11. The van der Waals surface area contributed by atoms with Crippen molar-refractivity contribution in [3.8, 4) is 0 Å². The van der Waals surface area contributed by atoms with Crippen molar-refractivity contribution in [1.82, 2.24) is 4.98 Å². The largest absolute Gasteiger partial charge is 0.463 e. The van der Waals surface area contributed by atoms with Gasteiger partial charge in [-0.3, -0.25) is 4.79 Å². The minimum atomic E-state index is -0.178. The number of aromatic amines is 1. The molecule has 2 fully saturated rings. The highest BCUT2D eigenvalue weighted by atomic mass is 16.6. The third-order valence-electron chi connectivity index (χ3n) is 5.98. The topological polar surface area (TPSA) is 60.6 Å². The summed E-state index contributed by atoms with van der Waals surface area (Å²) in [7, 11) is 0. The Kier molecular flexibility index (Phi) is 7.58. The molecule has 1 aromatic heterocycles. The molecule has 0 spiro atoms. The molecule has 0 bridgehead atoms. The van der Waals surface area contributed by atoms with E-state index in [0.29, 0.717) is 25.6 Å². The van der Waals surface area contributed by atoms with Gasteiger partial charge in [0.15, 0.2) is 0 Å². The molecule has 2 unspecified atom stereocenters. The molecule has 1 N–H and O–H groups in total. The van der Waals surface area contributed by atoms with Gasteiger partial charge in [0, 0.05) is 30.8 Å². The molecule has 2 heterocycles. The Bertz CT molecular complexity index is 618. The highest BCUT2D eigenvalue weighted by Gasteiger charge is 2.29.